The Morgan fingerprint density at radius 3 is 2.50 bits per heavy atom. The Morgan fingerprint density at radius 2 is 1.94 bits per heavy atom. The summed E-state index contributed by atoms with van der Waals surface area (Å²) >= 11 is 0. The Balaban J connectivity index is 1.72. The molecule has 0 bridgehead atoms. The molecular weight excluding hydrogens is 224 g/mol. The Morgan fingerprint density at radius 1 is 1.22 bits per heavy atom. The summed E-state index contributed by atoms with van der Waals surface area (Å²) in [6.07, 6.45) is 11.7. The van der Waals surface area contributed by atoms with E-state index >= 15 is 0 Å². The van der Waals surface area contributed by atoms with E-state index in [0.29, 0.717) is 0 Å². The highest BCUT2D eigenvalue weighted by molar-refractivity contribution is 5.07. The first-order chi connectivity index (χ1) is 8.66. The third-order valence-electron chi connectivity index (χ3n) is 4.56. The lowest BCUT2D eigenvalue weighted by atomic mass is 9.76. The van der Waals surface area contributed by atoms with E-state index in [9.17, 15) is 0 Å². The average molecular weight is 250 g/mol. The standard InChI is InChI=1S/C16H26O2/c1-12(2)13(3)15-7-4-14(5-8-15)6-9-16-17-10-11-18-16/h4,10-13,15-16H,5-9H2,1-3H3. The third-order valence-corrected chi connectivity index (χ3v) is 4.56. The second-order valence-corrected chi connectivity index (χ2v) is 6.01. The maximum absolute atomic E-state index is 5.30. The van der Waals surface area contributed by atoms with Crippen molar-refractivity contribution in [1.29, 1.82) is 0 Å². The minimum Gasteiger partial charge on any atom is -0.459 e. The van der Waals surface area contributed by atoms with Crippen molar-refractivity contribution < 1.29 is 9.47 Å². The summed E-state index contributed by atoms with van der Waals surface area (Å²) in [4.78, 5) is 0. The Kier molecular flexibility index (Phi) is 4.73. The number of hydrogen-bond acceptors (Lipinski definition) is 2. The van der Waals surface area contributed by atoms with Gasteiger partial charge in [0.05, 0.1) is 0 Å². The second kappa shape index (κ2) is 6.31. The van der Waals surface area contributed by atoms with Gasteiger partial charge in [0.1, 0.15) is 12.5 Å². The van der Waals surface area contributed by atoms with Gasteiger partial charge in [-0.2, -0.15) is 0 Å². The molecule has 0 saturated heterocycles. The highest BCUT2D eigenvalue weighted by Crippen LogP contribution is 2.34. The largest absolute Gasteiger partial charge is 0.459 e. The van der Waals surface area contributed by atoms with Crippen molar-refractivity contribution in [2.24, 2.45) is 17.8 Å². The normalized spacial score (nSPS) is 25.8. The Labute approximate surface area is 111 Å². The van der Waals surface area contributed by atoms with Crippen LogP contribution in [0.1, 0.15) is 52.9 Å². The number of allylic oxidation sites excluding steroid dienone is 2. The zero-order valence-electron chi connectivity index (χ0n) is 11.9. The van der Waals surface area contributed by atoms with Crippen LogP contribution in [0.5, 0.6) is 0 Å². The monoisotopic (exact) mass is 250 g/mol. The van der Waals surface area contributed by atoms with Gasteiger partial charge in [0.2, 0.25) is 6.29 Å². The quantitative estimate of drug-likeness (QED) is 0.662. The Hall–Kier alpha value is -0.920. The van der Waals surface area contributed by atoms with Crippen molar-refractivity contribution in [2.45, 2.75) is 59.2 Å². The van der Waals surface area contributed by atoms with Gasteiger partial charge in [0.25, 0.3) is 0 Å². The summed E-state index contributed by atoms with van der Waals surface area (Å²) < 4.78 is 10.6. The van der Waals surface area contributed by atoms with Crippen LogP contribution in [0.25, 0.3) is 0 Å². The fourth-order valence-electron chi connectivity index (χ4n) is 2.87. The molecule has 0 aromatic heterocycles. The molecule has 2 atom stereocenters. The van der Waals surface area contributed by atoms with Crippen molar-refractivity contribution in [1.82, 2.24) is 0 Å². The van der Waals surface area contributed by atoms with Gasteiger partial charge >= 0.3 is 0 Å². The SMILES string of the molecule is CC(C)C(C)C1CC=C(CCC2OC=CO2)CC1. The summed E-state index contributed by atoms with van der Waals surface area (Å²) in [7, 11) is 0. The van der Waals surface area contributed by atoms with Crippen LogP contribution in [0.3, 0.4) is 0 Å². The molecule has 1 aliphatic carbocycles. The van der Waals surface area contributed by atoms with Crippen LogP contribution < -0.4 is 0 Å². The lowest BCUT2D eigenvalue weighted by Gasteiger charge is -2.30. The smallest absolute Gasteiger partial charge is 0.240 e. The molecule has 18 heavy (non-hydrogen) atoms. The molecule has 0 spiro atoms. The minimum absolute atomic E-state index is 0.0433. The molecular formula is C16H26O2. The molecule has 0 aromatic carbocycles. The molecule has 1 heterocycles. The molecule has 102 valence electrons. The number of hydrogen-bond donors (Lipinski definition) is 0. The first-order valence-electron chi connectivity index (χ1n) is 7.30. The first-order valence-corrected chi connectivity index (χ1v) is 7.30. The summed E-state index contributed by atoms with van der Waals surface area (Å²) in [6, 6.07) is 0. The van der Waals surface area contributed by atoms with E-state index in [2.05, 4.69) is 26.8 Å². The number of ether oxygens (including phenoxy) is 2. The van der Waals surface area contributed by atoms with E-state index in [4.69, 9.17) is 9.47 Å². The average Bonchev–Trinajstić information content (AvgIpc) is 2.89. The fraction of sp³-hybridized carbons (Fsp3) is 0.750. The van der Waals surface area contributed by atoms with E-state index in [1.165, 1.54) is 19.3 Å². The highest BCUT2D eigenvalue weighted by atomic mass is 16.7. The fourth-order valence-corrected chi connectivity index (χ4v) is 2.87. The number of rotatable bonds is 5. The van der Waals surface area contributed by atoms with Crippen molar-refractivity contribution in [3.05, 3.63) is 24.2 Å². The van der Waals surface area contributed by atoms with Gasteiger partial charge in [-0.05, 0) is 43.4 Å². The summed E-state index contributed by atoms with van der Waals surface area (Å²) in [5.41, 5.74) is 1.60. The summed E-state index contributed by atoms with van der Waals surface area (Å²) in [6.45, 7) is 7.08. The van der Waals surface area contributed by atoms with Gasteiger partial charge in [-0.3, -0.25) is 0 Å². The molecule has 2 nitrogen and oxygen atoms in total. The molecule has 0 radical (unpaired) electrons. The van der Waals surface area contributed by atoms with Gasteiger partial charge < -0.3 is 9.47 Å². The van der Waals surface area contributed by atoms with Crippen LogP contribution in [0, 0.1) is 17.8 Å². The van der Waals surface area contributed by atoms with Crippen LogP contribution in [-0.2, 0) is 9.47 Å². The second-order valence-electron chi connectivity index (χ2n) is 6.01. The maximum atomic E-state index is 5.30. The van der Waals surface area contributed by atoms with Crippen LogP contribution in [0.15, 0.2) is 24.2 Å². The predicted octanol–water partition coefficient (Wildman–Crippen LogP) is 4.63. The van der Waals surface area contributed by atoms with Crippen molar-refractivity contribution >= 4 is 0 Å². The minimum atomic E-state index is -0.0433. The van der Waals surface area contributed by atoms with Crippen molar-refractivity contribution in [3.8, 4) is 0 Å². The molecule has 0 amide bonds. The van der Waals surface area contributed by atoms with Crippen LogP contribution >= 0.6 is 0 Å². The van der Waals surface area contributed by atoms with E-state index in [1.807, 2.05) is 0 Å². The van der Waals surface area contributed by atoms with Gasteiger partial charge in [0.15, 0.2) is 0 Å². The molecule has 0 N–H and O–H groups in total. The van der Waals surface area contributed by atoms with Gasteiger partial charge in [0, 0.05) is 6.42 Å². The summed E-state index contributed by atoms with van der Waals surface area (Å²) in [5.74, 6) is 2.53. The zero-order valence-corrected chi connectivity index (χ0v) is 11.9. The van der Waals surface area contributed by atoms with Crippen LogP contribution in [0.2, 0.25) is 0 Å². The van der Waals surface area contributed by atoms with Gasteiger partial charge in [-0.15, -0.1) is 0 Å². The van der Waals surface area contributed by atoms with Crippen molar-refractivity contribution in [2.75, 3.05) is 0 Å². The predicted molar refractivity (Wildman–Crippen MR) is 73.8 cm³/mol. The first kappa shape index (κ1) is 13.5. The molecule has 0 saturated carbocycles. The lowest BCUT2D eigenvalue weighted by Crippen LogP contribution is -2.19. The van der Waals surface area contributed by atoms with E-state index < -0.39 is 0 Å². The van der Waals surface area contributed by atoms with E-state index in [1.54, 1.807) is 18.1 Å². The van der Waals surface area contributed by atoms with Crippen LogP contribution in [0.4, 0.5) is 0 Å². The van der Waals surface area contributed by atoms with Crippen molar-refractivity contribution in [3.63, 3.8) is 0 Å². The highest BCUT2D eigenvalue weighted by Gasteiger charge is 2.23. The molecule has 2 unspecified atom stereocenters. The third kappa shape index (κ3) is 3.54. The zero-order chi connectivity index (χ0) is 13.0. The topological polar surface area (TPSA) is 18.5 Å². The molecule has 1 aliphatic heterocycles. The molecule has 2 aliphatic rings. The molecule has 0 aromatic rings. The van der Waals surface area contributed by atoms with Crippen LogP contribution in [-0.4, -0.2) is 6.29 Å². The summed E-state index contributed by atoms with van der Waals surface area (Å²) in [5, 5.41) is 0. The van der Waals surface area contributed by atoms with Gasteiger partial charge in [-0.25, -0.2) is 0 Å². The van der Waals surface area contributed by atoms with E-state index in [0.717, 1.165) is 30.6 Å². The van der Waals surface area contributed by atoms with E-state index in [-0.39, 0.29) is 6.29 Å². The molecule has 0 fully saturated rings. The maximum Gasteiger partial charge on any atom is 0.240 e. The lowest BCUT2D eigenvalue weighted by molar-refractivity contribution is -0.0277. The van der Waals surface area contributed by atoms with Gasteiger partial charge in [-0.1, -0.05) is 32.4 Å². The molecule has 2 rings (SSSR count). The molecule has 2 heteroatoms. The Bertz CT molecular complexity index is 309.